The molecule has 0 aliphatic carbocycles. The third-order valence-corrected chi connectivity index (χ3v) is 4.96. The van der Waals surface area contributed by atoms with Crippen molar-refractivity contribution in [2.24, 2.45) is 5.73 Å². The maximum absolute atomic E-state index is 11.9. The lowest BCUT2D eigenvalue weighted by Gasteiger charge is -2.12. The first-order valence-corrected chi connectivity index (χ1v) is 7.87. The number of nitrogens with zero attached hydrogens (tertiary/aromatic N) is 1. The molecule has 1 atom stereocenters. The Morgan fingerprint density at radius 3 is 2.58 bits per heavy atom. The number of fused-ring (bicyclic) bond motifs is 3. The van der Waals surface area contributed by atoms with Crippen LogP contribution in [0.3, 0.4) is 0 Å². The summed E-state index contributed by atoms with van der Waals surface area (Å²) in [6.45, 7) is 0.870. The minimum Gasteiger partial charge on any atom is -0.443 e. The molecule has 0 bridgehead atoms. The smallest absolute Gasteiger partial charge is 0.414 e. The number of benzene rings is 2. The molecule has 2 heterocycles. The molecule has 6 nitrogen and oxygen atoms in total. The van der Waals surface area contributed by atoms with Gasteiger partial charge in [0.1, 0.15) is 6.10 Å². The van der Waals surface area contributed by atoms with Crippen LogP contribution in [-0.4, -0.2) is 35.8 Å². The van der Waals surface area contributed by atoms with Crippen LogP contribution in [0.4, 0.5) is 10.5 Å². The molecular weight excluding hydrogens is 352 g/mol. The van der Waals surface area contributed by atoms with Crippen molar-refractivity contribution in [1.82, 2.24) is 0 Å². The predicted molar refractivity (Wildman–Crippen MR) is 98.5 cm³/mol. The van der Waals surface area contributed by atoms with E-state index in [1.165, 1.54) is 20.2 Å². The van der Waals surface area contributed by atoms with Crippen LogP contribution in [0.2, 0.25) is 0 Å². The monoisotopic (exact) mass is 368 g/mol. The predicted octanol–water partition coefficient (Wildman–Crippen LogP) is 3.78. The van der Waals surface area contributed by atoms with E-state index in [1.807, 2.05) is 18.2 Å². The molecule has 3 aromatic rings. The molecule has 128 valence electrons. The molecular formula is C16H17ClN2O4S. The van der Waals surface area contributed by atoms with Gasteiger partial charge in [0.25, 0.3) is 0 Å². The van der Waals surface area contributed by atoms with Crippen LogP contribution in [0.15, 0.2) is 42.5 Å². The molecule has 0 spiro atoms. The van der Waals surface area contributed by atoms with Crippen molar-refractivity contribution >= 4 is 55.7 Å². The van der Waals surface area contributed by atoms with Gasteiger partial charge >= 0.3 is 6.09 Å². The normalized spacial score (nSPS) is 16.5. The number of hydrogen-bond donors (Lipinski definition) is 3. The second-order valence-corrected chi connectivity index (χ2v) is 6.21. The molecule has 1 aromatic heterocycles. The number of thiophene rings is 1. The fourth-order valence-electron chi connectivity index (χ4n) is 2.74. The summed E-state index contributed by atoms with van der Waals surface area (Å²) in [4.78, 5) is 13.6. The highest BCUT2D eigenvalue weighted by molar-refractivity contribution is 7.25. The fraction of sp³-hybridized carbons (Fsp3) is 0.188. The number of halogens is 1. The molecule has 24 heavy (non-hydrogen) atoms. The third-order valence-electron chi connectivity index (χ3n) is 3.81. The van der Waals surface area contributed by atoms with E-state index in [9.17, 15) is 4.79 Å². The lowest BCUT2D eigenvalue weighted by atomic mass is 10.1. The van der Waals surface area contributed by atoms with Crippen molar-refractivity contribution in [3.05, 3.63) is 42.5 Å². The Labute approximate surface area is 148 Å². The Morgan fingerprint density at radius 2 is 1.88 bits per heavy atom. The molecule has 1 amide bonds. The Balaban J connectivity index is 0.000000670. The molecule has 2 aromatic carbocycles. The highest BCUT2D eigenvalue weighted by atomic mass is 35.5. The zero-order valence-electron chi connectivity index (χ0n) is 12.6. The van der Waals surface area contributed by atoms with E-state index < -0.39 is 0 Å². The second kappa shape index (κ2) is 7.78. The number of amides is 1. The minimum absolute atomic E-state index is 0. The number of nitrogens with two attached hydrogens (primary N) is 1. The summed E-state index contributed by atoms with van der Waals surface area (Å²) in [6.07, 6.45) is -0.531. The third kappa shape index (κ3) is 3.17. The first-order valence-electron chi connectivity index (χ1n) is 7.06. The largest absolute Gasteiger partial charge is 0.443 e. The van der Waals surface area contributed by atoms with Crippen molar-refractivity contribution in [2.75, 3.05) is 18.0 Å². The molecule has 1 aliphatic heterocycles. The molecule has 4 N–H and O–H groups in total. The maximum atomic E-state index is 11.9. The lowest BCUT2D eigenvalue weighted by molar-refractivity contribution is -0.176. The SMILES string of the molecule is Cl.NC[C@H]1CN(c2ccc3sc4ccccc4c3c2)C(=O)O1.OO. The maximum Gasteiger partial charge on any atom is 0.414 e. The highest BCUT2D eigenvalue weighted by Gasteiger charge is 2.31. The van der Waals surface area contributed by atoms with Crippen LogP contribution < -0.4 is 10.6 Å². The summed E-state index contributed by atoms with van der Waals surface area (Å²) in [5.74, 6) is 0. The van der Waals surface area contributed by atoms with E-state index in [2.05, 4.69) is 24.3 Å². The van der Waals surface area contributed by atoms with E-state index in [1.54, 1.807) is 16.2 Å². The Hall–Kier alpha value is -1.90. The highest BCUT2D eigenvalue weighted by Crippen LogP contribution is 2.36. The van der Waals surface area contributed by atoms with Gasteiger partial charge in [-0.2, -0.15) is 0 Å². The Morgan fingerprint density at radius 1 is 1.17 bits per heavy atom. The van der Waals surface area contributed by atoms with Crippen molar-refractivity contribution in [2.45, 2.75) is 6.10 Å². The Kier molecular flexibility index (Phi) is 5.98. The Bertz CT molecular complexity index is 854. The second-order valence-electron chi connectivity index (χ2n) is 5.13. The molecule has 8 heteroatoms. The standard InChI is InChI=1S/C16H14N2O2S.ClH.H2O2/c17-8-11-9-18(16(19)20-11)10-5-6-15-13(7-10)12-3-1-2-4-14(12)21-15;;1-2/h1-7,11H,8-9,17H2;1H;1-2H/t11-;;/m0../s1. The quantitative estimate of drug-likeness (QED) is 0.472. The van der Waals surface area contributed by atoms with Gasteiger partial charge in [0.05, 0.1) is 6.54 Å². The fourth-order valence-corrected chi connectivity index (χ4v) is 3.82. The van der Waals surface area contributed by atoms with E-state index in [4.69, 9.17) is 21.0 Å². The van der Waals surface area contributed by atoms with E-state index >= 15 is 0 Å². The molecule has 1 aliphatic rings. The zero-order chi connectivity index (χ0) is 16.4. The lowest BCUT2D eigenvalue weighted by Crippen LogP contribution is -2.27. The summed E-state index contributed by atoms with van der Waals surface area (Å²) < 4.78 is 7.71. The summed E-state index contributed by atoms with van der Waals surface area (Å²) in [6, 6.07) is 14.4. The average Bonchev–Trinajstić information content (AvgIpc) is 3.16. The molecule has 1 saturated heterocycles. The van der Waals surface area contributed by atoms with Crippen LogP contribution in [0.25, 0.3) is 20.2 Å². The number of ether oxygens (including phenoxy) is 1. The van der Waals surface area contributed by atoms with Gasteiger partial charge < -0.3 is 10.5 Å². The zero-order valence-corrected chi connectivity index (χ0v) is 14.2. The summed E-state index contributed by atoms with van der Waals surface area (Å²) >= 11 is 1.76. The van der Waals surface area contributed by atoms with Gasteiger partial charge in [-0.15, -0.1) is 23.7 Å². The molecule has 1 fully saturated rings. The number of hydrogen-bond acceptors (Lipinski definition) is 6. The molecule has 4 rings (SSSR count). The topological polar surface area (TPSA) is 96.0 Å². The van der Waals surface area contributed by atoms with Gasteiger partial charge in [0, 0.05) is 32.4 Å². The van der Waals surface area contributed by atoms with Crippen molar-refractivity contribution < 1.29 is 20.0 Å². The number of cyclic esters (lactones) is 1. The van der Waals surface area contributed by atoms with Crippen LogP contribution >= 0.6 is 23.7 Å². The van der Waals surface area contributed by atoms with Crippen LogP contribution in [0.5, 0.6) is 0 Å². The van der Waals surface area contributed by atoms with Gasteiger partial charge in [-0.25, -0.2) is 4.79 Å². The molecule has 0 saturated carbocycles. The number of anilines is 1. The van der Waals surface area contributed by atoms with Crippen molar-refractivity contribution in [1.29, 1.82) is 0 Å². The van der Waals surface area contributed by atoms with E-state index in [0.29, 0.717) is 13.1 Å². The minimum atomic E-state index is -0.315. The van der Waals surface area contributed by atoms with Crippen molar-refractivity contribution in [3.8, 4) is 0 Å². The average molecular weight is 369 g/mol. The van der Waals surface area contributed by atoms with Gasteiger partial charge in [0.2, 0.25) is 0 Å². The van der Waals surface area contributed by atoms with Gasteiger partial charge in [-0.3, -0.25) is 15.4 Å². The summed E-state index contributed by atoms with van der Waals surface area (Å²) in [5, 5.41) is 14.4. The van der Waals surface area contributed by atoms with Crippen LogP contribution in [0, 0.1) is 0 Å². The molecule has 0 radical (unpaired) electrons. The first kappa shape index (κ1) is 18.4. The number of carbonyl (C=O) groups excluding carboxylic acids is 1. The van der Waals surface area contributed by atoms with Gasteiger partial charge in [0.15, 0.2) is 0 Å². The molecule has 0 unspecified atom stereocenters. The van der Waals surface area contributed by atoms with E-state index in [-0.39, 0.29) is 24.6 Å². The van der Waals surface area contributed by atoms with E-state index in [0.717, 1.165) is 5.69 Å². The summed E-state index contributed by atoms with van der Waals surface area (Å²) in [7, 11) is 0. The van der Waals surface area contributed by atoms with Crippen LogP contribution in [-0.2, 0) is 4.74 Å². The van der Waals surface area contributed by atoms with Gasteiger partial charge in [-0.05, 0) is 24.3 Å². The van der Waals surface area contributed by atoms with Gasteiger partial charge in [-0.1, -0.05) is 18.2 Å². The number of carbonyl (C=O) groups is 1. The number of rotatable bonds is 2. The van der Waals surface area contributed by atoms with Crippen molar-refractivity contribution in [3.63, 3.8) is 0 Å². The van der Waals surface area contributed by atoms with Crippen LogP contribution in [0.1, 0.15) is 0 Å². The first-order chi connectivity index (χ1) is 11.3. The summed E-state index contributed by atoms with van der Waals surface area (Å²) in [5.41, 5.74) is 6.45.